The zero-order chi connectivity index (χ0) is 24.5. The Labute approximate surface area is 196 Å². The first-order chi connectivity index (χ1) is 16.2. The number of hydrogen-bond acceptors (Lipinski definition) is 5. The van der Waals surface area contributed by atoms with Gasteiger partial charge in [-0.2, -0.15) is 0 Å². The second-order valence-electron chi connectivity index (χ2n) is 9.22. The number of hydrogen-bond donors (Lipinski definition) is 3. The third-order valence-electron chi connectivity index (χ3n) is 5.84. The van der Waals surface area contributed by atoms with Gasteiger partial charge in [-0.3, -0.25) is 10.1 Å². The minimum absolute atomic E-state index is 0.0905. The fourth-order valence-electron chi connectivity index (χ4n) is 4.17. The minimum Gasteiger partial charge on any atom is -0.480 e. The van der Waals surface area contributed by atoms with Crippen molar-refractivity contribution in [3.8, 4) is 11.1 Å². The molecule has 0 saturated carbocycles. The fraction of sp³-hybridized carbons (Fsp3) is 0.269. The molecular formula is C26H26N2O6. The van der Waals surface area contributed by atoms with Gasteiger partial charge in [-0.15, -0.1) is 0 Å². The zero-order valence-electron chi connectivity index (χ0n) is 19.1. The van der Waals surface area contributed by atoms with Gasteiger partial charge in [0.25, 0.3) is 5.91 Å². The van der Waals surface area contributed by atoms with Crippen molar-refractivity contribution >= 4 is 23.7 Å². The van der Waals surface area contributed by atoms with E-state index in [9.17, 15) is 19.5 Å². The van der Waals surface area contributed by atoms with Crippen LogP contribution in [0.4, 0.5) is 10.5 Å². The lowest BCUT2D eigenvalue weighted by molar-refractivity contribution is -0.142. The molecule has 2 amide bonds. The summed E-state index contributed by atoms with van der Waals surface area (Å²) < 4.78 is 10.7. The molecule has 0 aliphatic heterocycles. The Morgan fingerprint density at radius 1 is 1.00 bits per heavy atom. The van der Waals surface area contributed by atoms with Gasteiger partial charge in [-0.25, -0.2) is 9.59 Å². The maximum atomic E-state index is 12.7. The molecule has 0 bridgehead atoms. The summed E-state index contributed by atoms with van der Waals surface area (Å²) in [5.74, 6) is -2.22. The molecule has 1 aliphatic carbocycles. The van der Waals surface area contributed by atoms with Crippen LogP contribution in [0, 0.1) is 5.41 Å². The van der Waals surface area contributed by atoms with Crippen molar-refractivity contribution in [3.63, 3.8) is 0 Å². The van der Waals surface area contributed by atoms with E-state index >= 15 is 0 Å². The maximum absolute atomic E-state index is 12.7. The Kier molecular flexibility index (Phi) is 6.15. The summed E-state index contributed by atoms with van der Waals surface area (Å²) in [6.07, 6.45) is 0.490. The van der Waals surface area contributed by atoms with Crippen molar-refractivity contribution in [2.45, 2.75) is 32.7 Å². The van der Waals surface area contributed by atoms with Crippen molar-refractivity contribution in [3.05, 3.63) is 77.7 Å². The third kappa shape index (κ3) is 4.52. The first kappa shape index (κ1) is 23.1. The Balaban J connectivity index is 1.43. The number of fused-ring (bicyclic) bond motifs is 3. The number of benzene rings is 2. The topological polar surface area (TPSA) is 118 Å². The molecule has 3 aromatic rings. The lowest BCUT2D eigenvalue weighted by Crippen LogP contribution is -2.49. The van der Waals surface area contributed by atoms with Crippen molar-refractivity contribution in [1.82, 2.24) is 5.32 Å². The van der Waals surface area contributed by atoms with E-state index in [1.807, 2.05) is 48.5 Å². The molecule has 0 fully saturated rings. The Bertz CT molecular complexity index is 1190. The van der Waals surface area contributed by atoms with Crippen molar-refractivity contribution < 1.29 is 28.6 Å². The average molecular weight is 463 g/mol. The first-order valence-corrected chi connectivity index (χ1v) is 10.9. The van der Waals surface area contributed by atoms with Gasteiger partial charge in [0.1, 0.15) is 12.6 Å². The zero-order valence-corrected chi connectivity index (χ0v) is 19.1. The van der Waals surface area contributed by atoms with Crippen molar-refractivity contribution in [2.75, 3.05) is 11.9 Å². The first-order valence-electron chi connectivity index (χ1n) is 10.9. The summed E-state index contributed by atoms with van der Waals surface area (Å²) in [7, 11) is 0. The lowest BCUT2D eigenvalue weighted by Gasteiger charge is -2.27. The molecule has 1 aliphatic rings. The van der Waals surface area contributed by atoms with E-state index in [4.69, 9.17) is 9.15 Å². The number of rotatable bonds is 6. The van der Waals surface area contributed by atoms with E-state index < -0.39 is 29.4 Å². The number of carbonyl (C=O) groups is 3. The molecule has 0 spiro atoms. The molecule has 4 rings (SSSR count). The number of ether oxygens (including phenoxy) is 1. The Morgan fingerprint density at radius 2 is 1.59 bits per heavy atom. The van der Waals surface area contributed by atoms with Gasteiger partial charge in [0.15, 0.2) is 0 Å². The number of carboxylic acid groups (broad SMARTS) is 1. The van der Waals surface area contributed by atoms with Crippen LogP contribution in [0.3, 0.4) is 0 Å². The summed E-state index contributed by atoms with van der Waals surface area (Å²) in [6.45, 7) is 5.21. The second-order valence-corrected chi connectivity index (χ2v) is 9.22. The molecule has 1 aromatic heterocycles. The van der Waals surface area contributed by atoms with Gasteiger partial charge in [-0.1, -0.05) is 69.3 Å². The molecule has 176 valence electrons. The number of carbonyl (C=O) groups excluding carboxylic acids is 2. The normalized spacial score (nSPS) is 13.5. The van der Waals surface area contributed by atoms with Crippen LogP contribution in [-0.4, -0.2) is 35.7 Å². The third-order valence-corrected chi connectivity index (χ3v) is 5.84. The predicted molar refractivity (Wildman–Crippen MR) is 126 cm³/mol. The molecule has 3 N–H and O–H groups in total. The second kappa shape index (κ2) is 9.05. The number of furan rings is 1. The van der Waals surface area contributed by atoms with Crippen molar-refractivity contribution in [2.24, 2.45) is 5.41 Å². The van der Waals surface area contributed by atoms with Crippen LogP contribution < -0.4 is 10.6 Å². The fourth-order valence-corrected chi connectivity index (χ4v) is 4.17. The summed E-state index contributed by atoms with van der Waals surface area (Å²) in [6, 6.07) is 16.3. The largest absolute Gasteiger partial charge is 0.480 e. The van der Waals surface area contributed by atoms with Crippen LogP contribution in [0.15, 0.2) is 65.3 Å². The van der Waals surface area contributed by atoms with Crippen LogP contribution >= 0.6 is 0 Å². The minimum atomic E-state index is -1.17. The van der Waals surface area contributed by atoms with Gasteiger partial charge in [-0.05, 0) is 27.7 Å². The smallest absolute Gasteiger partial charge is 0.411 e. The number of anilines is 1. The van der Waals surface area contributed by atoms with E-state index in [-0.39, 0.29) is 24.0 Å². The maximum Gasteiger partial charge on any atom is 0.411 e. The lowest BCUT2D eigenvalue weighted by atomic mass is 9.86. The van der Waals surface area contributed by atoms with Crippen molar-refractivity contribution in [1.29, 1.82) is 0 Å². The summed E-state index contributed by atoms with van der Waals surface area (Å²) in [4.78, 5) is 36.8. The molecule has 1 atom stereocenters. The van der Waals surface area contributed by atoms with E-state index in [1.165, 1.54) is 12.3 Å². The highest BCUT2D eigenvalue weighted by atomic mass is 16.5. The highest BCUT2D eigenvalue weighted by Gasteiger charge is 2.34. The standard InChI is InChI=1S/C26H26N2O6/c1-26(2,3)22(24(30)31)28-23(29)21-20(12-13-33-21)27-25(32)34-14-19-17-10-6-4-8-15(17)16-9-5-7-11-18(16)19/h4-13,19,22H,14H2,1-3H3,(H,27,32)(H,28,29)(H,30,31)/t22-/m0/s1. The summed E-state index contributed by atoms with van der Waals surface area (Å²) in [5.41, 5.74) is 3.77. The van der Waals surface area contributed by atoms with Gasteiger partial charge in [0, 0.05) is 12.0 Å². The number of amides is 2. The molecule has 2 aromatic carbocycles. The average Bonchev–Trinajstić information content (AvgIpc) is 3.37. The van der Waals surface area contributed by atoms with Crippen LogP contribution in [-0.2, 0) is 9.53 Å². The highest BCUT2D eigenvalue weighted by Crippen LogP contribution is 2.44. The molecule has 34 heavy (non-hydrogen) atoms. The van der Waals surface area contributed by atoms with E-state index in [0.29, 0.717) is 0 Å². The number of carboxylic acids is 1. The SMILES string of the molecule is CC(C)(C)[C@@H](NC(=O)c1occc1NC(=O)OCC1c2ccccc2-c2ccccc21)C(=O)O. The summed E-state index contributed by atoms with van der Waals surface area (Å²) in [5, 5.41) is 14.4. The quantitative estimate of drug-likeness (QED) is 0.481. The van der Waals surface area contributed by atoms with Crippen LogP contribution in [0.1, 0.15) is 48.4 Å². The summed E-state index contributed by atoms with van der Waals surface area (Å²) >= 11 is 0. The molecule has 8 heteroatoms. The highest BCUT2D eigenvalue weighted by molar-refractivity contribution is 6.01. The molecule has 0 radical (unpaired) electrons. The van der Waals surface area contributed by atoms with Crippen LogP contribution in [0.2, 0.25) is 0 Å². The van der Waals surface area contributed by atoms with Gasteiger partial charge in [0.05, 0.1) is 12.0 Å². The van der Waals surface area contributed by atoms with E-state index in [0.717, 1.165) is 22.3 Å². The van der Waals surface area contributed by atoms with Gasteiger partial charge < -0.3 is 19.6 Å². The number of aliphatic carboxylic acids is 1. The van der Waals surface area contributed by atoms with E-state index in [1.54, 1.807) is 20.8 Å². The van der Waals surface area contributed by atoms with Crippen LogP contribution in [0.5, 0.6) is 0 Å². The Morgan fingerprint density at radius 3 is 2.15 bits per heavy atom. The predicted octanol–water partition coefficient (Wildman–Crippen LogP) is 4.87. The monoisotopic (exact) mass is 462 g/mol. The molecule has 0 unspecified atom stereocenters. The molecule has 8 nitrogen and oxygen atoms in total. The molecule has 1 heterocycles. The van der Waals surface area contributed by atoms with Gasteiger partial charge >= 0.3 is 12.1 Å². The van der Waals surface area contributed by atoms with Crippen LogP contribution in [0.25, 0.3) is 11.1 Å². The van der Waals surface area contributed by atoms with Gasteiger partial charge in [0.2, 0.25) is 5.76 Å². The Hall–Kier alpha value is -4.07. The molecule has 0 saturated heterocycles. The van der Waals surface area contributed by atoms with E-state index in [2.05, 4.69) is 10.6 Å². The number of nitrogens with one attached hydrogen (secondary N) is 2. The molecular weight excluding hydrogens is 436 g/mol.